The van der Waals surface area contributed by atoms with Crippen molar-refractivity contribution < 1.29 is 9.53 Å². The summed E-state index contributed by atoms with van der Waals surface area (Å²) >= 11 is 1.38. The van der Waals surface area contributed by atoms with Gasteiger partial charge in [0.2, 0.25) is 0 Å². The highest BCUT2D eigenvalue weighted by Crippen LogP contribution is 2.13. The van der Waals surface area contributed by atoms with Gasteiger partial charge in [-0.3, -0.25) is 19.0 Å². The van der Waals surface area contributed by atoms with Crippen LogP contribution < -0.4 is 11.1 Å². The van der Waals surface area contributed by atoms with E-state index in [9.17, 15) is 14.4 Å². The van der Waals surface area contributed by atoms with Gasteiger partial charge in [-0.2, -0.15) is 4.68 Å². The van der Waals surface area contributed by atoms with Crippen LogP contribution in [0.4, 0.5) is 0 Å². The summed E-state index contributed by atoms with van der Waals surface area (Å²) in [7, 11) is 0. The van der Waals surface area contributed by atoms with Gasteiger partial charge in [0, 0.05) is 6.54 Å². The summed E-state index contributed by atoms with van der Waals surface area (Å²) in [6.07, 6.45) is 1.38. The van der Waals surface area contributed by atoms with E-state index < -0.39 is 11.5 Å². The summed E-state index contributed by atoms with van der Waals surface area (Å²) < 4.78 is 7.42. The van der Waals surface area contributed by atoms with Crippen molar-refractivity contribution in [2.24, 2.45) is 0 Å². The molecule has 136 valence electrons. The highest BCUT2D eigenvalue weighted by molar-refractivity contribution is 7.16. The van der Waals surface area contributed by atoms with E-state index in [-0.39, 0.29) is 25.3 Å². The van der Waals surface area contributed by atoms with Gasteiger partial charge in [-0.25, -0.2) is 4.98 Å². The van der Waals surface area contributed by atoms with Crippen LogP contribution in [0, 0.1) is 0 Å². The molecule has 0 aliphatic rings. The number of ether oxygens (including phenoxy) is 1. The fraction of sp³-hybridized carbons (Fsp3) is 0.176. The van der Waals surface area contributed by atoms with Gasteiger partial charge >= 0.3 is 5.97 Å². The SMILES string of the molecule is O=C(CCn1cnc2sccc2c1=O)OCn1nnc2ccccc2c1=O. The molecular formula is C17H13N5O4S. The molecule has 0 amide bonds. The molecule has 9 nitrogen and oxygen atoms in total. The molecule has 0 saturated heterocycles. The van der Waals surface area contributed by atoms with Gasteiger partial charge in [0.1, 0.15) is 10.3 Å². The Kier molecular flexibility index (Phi) is 4.47. The molecule has 27 heavy (non-hydrogen) atoms. The third-order valence-corrected chi connectivity index (χ3v) is 4.81. The van der Waals surface area contributed by atoms with Crippen LogP contribution in [0.15, 0.2) is 51.6 Å². The second-order valence-corrected chi connectivity index (χ2v) is 6.58. The number of thiophene rings is 1. The minimum atomic E-state index is -0.561. The molecule has 0 radical (unpaired) electrons. The Morgan fingerprint density at radius 2 is 1.96 bits per heavy atom. The molecular weight excluding hydrogens is 370 g/mol. The Balaban J connectivity index is 1.41. The van der Waals surface area contributed by atoms with Crippen LogP contribution in [0.5, 0.6) is 0 Å². The average molecular weight is 383 g/mol. The number of carbonyl (C=O) groups is 1. The lowest BCUT2D eigenvalue weighted by Gasteiger charge is -2.07. The first kappa shape index (κ1) is 17.0. The summed E-state index contributed by atoms with van der Waals surface area (Å²) in [5.74, 6) is -0.561. The third-order valence-electron chi connectivity index (χ3n) is 3.98. The maximum Gasteiger partial charge on any atom is 0.309 e. The third kappa shape index (κ3) is 3.34. The van der Waals surface area contributed by atoms with E-state index in [2.05, 4.69) is 15.3 Å². The summed E-state index contributed by atoms with van der Waals surface area (Å²) in [6.45, 7) is -0.207. The summed E-state index contributed by atoms with van der Waals surface area (Å²) in [6, 6.07) is 8.48. The van der Waals surface area contributed by atoms with Gasteiger partial charge < -0.3 is 4.74 Å². The lowest BCUT2D eigenvalue weighted by Crippen LogP contribution is -2.27. The molecule has 3 aromatic heterocycles. The first-order chi connectivity index (χ1) is 13.1. The Bertz CT molecular complexity index is 1260. The van der Waals surface area contributed by atoms with E-state index in [1.165, 1.54) is 22.2 Å². The Morgan fingerprint density at radius 1 is 1.11 bits per heavy atom. The Morgan fingerprint density at radius 3 is 2.85 bits per heavy atom. The lowest BCUT2D eigenvalue weighted by molar-refractivity contribution is -0.148. The number of carbonyl (C=O) groups excluding carboxylic acids is 1. The fourth-order valence-corrected chi connectivity index (χ4v) is 3.30. The van der Waals surface area contributed by atoms with Gasteiger partial charge in [0.25, 0.3) is 11.1 Å². The van der Waals surface area contributed by atoms with Crippen LogP contribution in [-0.4, -0.2) is 30.5 Å². The zero-order valence-corrected chi connectivity index (χ0v) is 14.8. The minimum absolute atomic E-state index is 0.0347. The van der Waals surface area contributed by atoms with E-state index in [0.717, 1.165) is 4.68 Å². The number of hydrogen-bond acceptors (Lipinski definition) is 8. The summed E-state index contributed by atoms with van der Waals surface area (Å²) in [5, 5.41) is 10.4. The van der Waals surface area contributed by atoms with Crippen molar-refractivity contribution in [1.82, 2.24) is 24.5 Å². The number of nitrogens with zero attached hydrogens (tertiary/aromatic N) is 5. The topological polar surface area (TPSA) is 109 Å². The molecule has 1 aromatic carbocycles. The predicted octanol–water partition coefficient (Wildman–Crippen LogP) is 1.15. The van der Waals surface area contributed by atoms with Crippen LogP contribution in [-0.2, 0) is 22.8 Å². The standard InChI is InChI=1S/C17H13N5O4S/c23-14(5-7-21-9-18-15-12(16(21)24)6-8-27-15)26-10-22-17(25)11-3-1-2-4-13(11)19-20-22/h1-4,6,8-9H,5,7,10H2. The zero-order chi connectivity index (χ0) is 18.8. The normalized spacial score (nSPS) is 11.1. The Hall–Kier alpha value is -3.40. The first-order valence-corrected chi connectivity index (χ1v) is 8.92. The molecule has 10 heteroatoms. The second kappa shape index (κ2) is 7.08. The zero-order valence-electron chi connectivity index (χ0n) is 13.9. The van der Waals surface area contributed by atoms with Crippen molar-refractivity contribution in [3.63, 3.8) is 0 Å². The van der Waals surface area contributed by atoms with Gasteiger partial charge in [0.05, 0.1) is 23.5 Å². The summed E-state index contributed by atoms with van der Waals surface area (Å²) in [5.41, 5.74) is -0.122. The number of rotatable bonds is 5. The predicted molar refractivity (Wildman–Crippen MR) is 98.4 cm³/mol. The van der Waals surface area contributed by atoms with Crippen LogP contribution in [0.3, 0.4) is 0 Å². The molecule has 4 aromatic rings. The summed E-state index contributed by atoms with van der Waals surface area (Å²) in [4.78, 5) is 41.4. The fourth-order valence-electron chi connectivity index (χ4n) is 2.58. The van der Waals surface area contributed by atoms with Crippen molar-refractivity contribution >= 4 is 38.4 Å². The van der Waals surface area contributed by atoms with Gasteiger partial charge in [-0.1, -0.05) is 17.3 Å². The highest BCUT2D eigenvalue weighted by atomic mass is 32.1. The van der Waals surface area contributed by atoms with E-state index in [1.54, 1.807) is 35.7 Å². The number of benzene rings is 1. The van der Waals surface area contributed by atoms with Crippen molar-refractivity contribution in [2.75, 3.05) is 0 Å². The number of aromatic nitrogens is 5. The second-order valence-electron chi connectivity index (χ2n) is 5.69. The van der Waals surface area contributed by atoms with E-state index >= 15 is 0 Å². The van der Waals surface area contributed by atoms with E-state index in [0.29, 0.717) is 21.1 Å². The smallest absolute Gasteiger partial charge is 0.309 e. The molecule has 3 heterocycles. The molecule has 0 unspecified atom stereocenters. The number of aryl methyl sites for hydroxylation is 1. The molecule has 0 fully saturated rings. The average Bonchev–Trinajstić information content (AvgIpc) is 3.17. The van der Waals surface area contributed by atoms with Crippen molar-refractivity contribution in [3.05, 3.63) is 62.7 Å². The lowest BCUT2D eigenvalue weighted by atomic mass is 10.2. The van der Waals surface area contributed by atoms with Gasteiger partial charge in [-0.05, 0) is 23.6 Å². The highest BCUT2D eigenvalue weighted by Gasteiger charge is 2.10. The maximum atomic E-state index is 12.3. The maximum absolute atomic E-state index is 12.3. The molecule has 0 aliphatic carbocycles. The molecule has 0 saturated carbocycles. The minimum Gasteiger partial charge on any atom is -0.442 e. The Labute approximate surface area is 155 Å². The molecule has 4 rings (SSSR count). The number of fused-ring (bicyclic) bond motifs is 2. The molecule has 0 spiro atoms. The van der Waals surface area contributed by atoms with Crippen LogP contribution in [0.1, 0.15) is 6.42 Å². The van der Waals surface area contributed by atoms with Crippen LogP contribution in [0.25, 0.3) is 21.1 Å². The molecule has 0 atom stereocenters. The largest absolute Gasteiger partial charge is 0.442 e. The van der Waals surface area contributed by atoms with E-state index in [1.807, 2.05) is 0 Å². The van der Waals surface area contributed by atoms with Gasteiger partial charge in [-0.15, -0.1) is 16.4 Å². The van der Waals surface area contributed by atoms with Crippen molar-refractivity contribution in [1.29, 1.82) is 0 Å². The number of hydrogen-bond donors (Lipinski definition) is 0. The van der Waals surface area contributed by atoms with Crippen molar-refractivity contribution in [3.8, 4) is 0 Å². The molecule has 0 bridgehead atoms. The van der Waals surface area contributed by atoms with Crippen LogP contribution >= 0.6 is 11.3 Å². The first-order valence-electron chi connectivity index (χ1n) is 8.04. The molecule has 0 N–H and O–H groups in total. The number of esters is 1. The van der Waals surface area contributed by atoms with Crippen LogP contribution in [0.2, 0.25) is 0 Å². The monoisotopic (exact) mass is 383 g/mol. The molecule has 0 aliphatic heterocycles. The van der Waals surface area contributed by atoms with Crippen molar-refractivity contribution in [2.45, 2.75) is 19.7 Å². The van der Waals surface area contributed by atoms with E-state index in [4.69, 9.17) is 4.74 Å². The quantitative estimate of drug-likeness (QED) is 0.476. The van der Waals surface area contributed by atoms with Gasteiger partial charge in [0.15, 0.2) is 6.73 Å².